The van der Waals surface area contributed by atoms with Gasteiger partial charge in [-0.2, -0.15) is 5.26 Å². The maximum Gasteiger partial charge on any atom is 0.240 e. The molecule has 0 aliphatic carbocycles. The van der Waals surface area contributed by atoms with Gasteiger partial charge in [0.1, 0.15) is 5.78 Å². The summed E-state index contributed by atoms with van der Waals surface area (Å²) in [5.41, 5.74) is 4.53. The molecule has 4 heteroatoms. The zero-order valence-corrected chi connectivity index (χ0v) is 7.91. The number of nitrogens with two attached hydrogens (primary N) is 1. The van der Waals surface area contributed by atoms with E-state index in [1.807, 2.05) is 0 Å². The molecule has 0 saturated heterocycles. The molecule has 72 valence electrons. The van der Waals surface area contributed by atoms with Gasteiger partial charge < -0.3 is 10.5 Å². The molecule has 13 heavy (non-hydrogen) atoms. The van der Waals surface area contributed by atoms with Crippen LogP contribution in [0, 0.1) is 11.3 Å². The number of nitriles is 1. The van der Waals surface area contributed by atoms with Crippen LogP contribution in [-0.4, -0.2) is 11.7 Å². The predicted molar refractivity (Wildman–Crippen MR) is 51.6 cm³/mol. The number of amides is 1. The summed E-state index contributed by atoms with van der Waals surface area (Å²) in [5, 5.41) is 7.51. The Hall–Kier alpha value is -1.89. The van der Waals surface area contributed by atoms with Gasteiger partial charge >= 0.3 is 0 Å². The average molecular weight is 182 g/mol. The molecule has 0 bridgehead atoms. The van der Waals surface area contributed by atoms with Gasteiger partial charge in [0, 0.05) is 6.08 Å². The minimum absolute atomic E-state index is 0.167. The zero-order chi connectivity index (χ0) is 11.3. The number of primary amides is 1. The van der Waals surface area contributed by atoms with Crippen LogP contribution in [0.4, 0.5) is 0 Å². The number of hydrogen-bond acceptors (Lipinski definition) is 3. The fraction of sp³-hybridized carbons (Fsp3) is 0.222. The highest BCUT2D eigenvalue weighted by Crippen LogP contribution is 1.50. The van der Waals surface area contributed by atoms with E-state index in [4.69, 9.17) is 5.26 Å². The van der Waals surface area contributed by atoms with Crippen molar-refractivity contribution < 1.29 is 9.59 Å². The Morgan fingerprint density at radius 1 is 1.38 bits per heavy atom. The van der Waals surface area contributed by atoms with Gasteiger partial charge in [-0.25, -0.2) is 0 Å². The number of carbonyl (C=O) groups is 2. The van der Waals surface area contributed by atoms with Crippen molar-refractivity contribution >= 4 is 11.7 Å². The number of Topliss-reactive ketones (excluding diaryl/α,β-unsaturated/α-hetero) is 1. The monoisotopic (exact) mass is 182 g/mol. The normalized spacial score (nSPS) is 5.62. The minimum Gasteiger partial charge on any atom is -0.366 e. The lowest BCUT2D eigenvalue weighted by atomic mass is 10.6. The SMILES string of the molecule is C=CC#N.C=CC(N)=O.CC(C)=O. The lowest BCUT2D eigenvalue weighted by Crippen LogP contribution is -2.04. The highest BCUT2D eigenvalue weighted by atomic mass is 16.1. The summed E-state index contributed by atoms with van der Waals surface area (Å²) in [6.07, 6.45) is 2.24. The first kappa shape index (κ1) is 17.3. The van der Waals surface area contributed by atoms with Gasteiger partial charge in [0.15, 0.2) is 0 Å². The standard InChI is InChI=1S/C3H5NO.C3H3N.C3H6O/c1-2-3(4)5;1-2-3-4;1-3(2)4/h2H,1H2,(H2,4,5);2H,1H2;1-2H3. The Morgan fingerprint density at radius 2 is 1.54 bits per heavy atom. The van der Waals surface area contributed by atoms with Crippen LogP contribution < -0.4 is 5.73 Å². The zero-order valence-electron chi connectivity index (χ0n) is 7.91. The van der Waals surface area contributed by atoms with Crippen molar-refractivity contribution in [2.45, 2.75) is 13.8 Å². The van der Waals surface area contributed by atoms with E-state index in [1.54, 1.807) is 6.07 Å². The van der Waals surface area contributed by atoms with Crippen LogP contribution in [0.15, 0.2) is 25.3 Å². The second kappa shape index (κ2) is 16.6. The maximum absolute atomic E-state index is 9.47. The molecular formula is C9H14N2O2. The molecule has 0 radical (unpaired) electrons. The van der Waals surface area contributed by atoms with Gasteiger partial charge in [-0.3, -0.25) is 4.79 Å². The molecule has 1 amide bonds. The molecule has 0 saturated carbocycles. The van der Waals surface area contributed by atoms with E-state index >= 15 is 0 Å². The fourth-order valence-electron chi connectivity index (χ4n) is 0. The first-order chi connectivity index (χ1) is 5.92. The largest absolute Gasteiger partial charge is 0.366 e. The minimum atomic E-state index is -0.481. The van der Waals surface area contributed by atoms with Gasteiger partial charge in [0.2, 0.25) is 5.91 Å². The van der Waals surface area contributed by atoms with Gasteiger partial charge in [-0.05, 0) is 19.9 Å². The van der Waals surface area contributed by atoms with E-state index in [0.717, 1.165) is 6.08 Å². The fourth-order valence-corrected chi connectivity index (χ4v) is 0. The molecule has 0 atom stereocenters. The number of nitrogens with zero attached hydrogens (tertiary/aromatic N) is 1. The molecule has 0 aliphatic rings. The van der Waals surface area contributed by atoms with Gasteiger partial charge in [0.05, 0.1) is 6.07 Å². The van der Waals surface area contributed by atoms with Crippen molar-refractivity contribution in [1.82, 2.24) is 0 Å². The first-order valence-electron chi connectivity index (χ1n) is 3.31. The third-order valence-electron chi connectivity index (χ3n) is 0.292. The molecule has 2 N–H and O–H groups in total. The Balaban J connectivity index is -0.000000117. The lowest BCUT2D eigenvalue weighted by Gasteiger charge is -1.65. The van der Waals surface area contributed by atoms with Crippen molar-refractivity contribution in [2.24, 2.45) is 5.73 Å². The number of ketones is 1. The van der Waals surface area contributed by atoms with Gasteiger partial charge in [-0.15, -0.1) is 0 Å². The van der Waals surface area contributed by atoms with Gasteiger partial charge in [0.25, 0.3) is 0 Å². The van der Waals surface area contributed by atoms with Crippen LogP contribution in [0.5, 0.6) is 0 Å². The molecule has 0 aromatic rings. The van der Waals surface area contributed by atoms with Crippen molar-refractivity contribution in [2.75, 3.05) is 0 Å². The molecule has 0 heterocycles. The highest BCUT2D eigenvalue weighted by molar-refractivity contribution is 5.84. The number of allylic oxidation sites excluding steroid dienone is 1. The smallest absolute Gasteiger partial charge is 0.240 e. The van der Waals surface area contributed by atoms with Crippen molar-refractivity contribution in [1.29, 1.82) is 5.26 Å². The van der Waals surface area contributed by atoms with Crippen LogP contribution >= 0.6 is 0 Å². The molecule has 0 aliphatic heterocycles. The van der Waals surface area contributed by atoms with Crippen LogP contribution in [0.25, 0.3) is 0 Å². The van der Waals surface area contributed by atoms with Gasteiger partial charge in [-0.1, -0.05) is 13.2 Å². The summed E-state index contributed by atoms with van der Waals surface area (Å²) in [6.45, 7) is 9.26. The van der Waals surface area contributed by atoms with Crippen LogP contribution in [0.1, 0.15) is 13.8 Å². The van der Waals surface area contributed by atoms with E-state index in [1.165, 1.54) is 19.9 Å². The summed E-state index contributed by atoms with van der Waals surface area (Å²) in [7, 11) is 0. The van der Waals surface area contributed by atoms with Crippen LogP contribution in [0.3, 0.4) is 0 Å². The third-order valence-corrected chi connectivity index (χ3v) is 0.292. The number of hydrogen-bond donors (Lipinski definition) is 1. The Morgan fingerprint density at radius 3 is 1.54 bits per heavy atom. The highest BCUT2D eigenvalue weighted by Gasteiger charge is 1.69. The molecule has 0 fully saturated rings. The second-order valence-electron chi connectivity index (χ2n) is 1.85. The Bertz CT molecular complexity index is 210. The van der Waals surface area contributed by atoms with E-state index < -0.39 is 5.91 Å². The molecule has 0 aromatic carbocycles. The lowest BCUT2D eigenvalue weighted by molar-refractivity contribution is -0.115. The topological polar surface area (TPSA) is 83.9 Å². The summed E-state index contributed by atoms with van der Waals surface area (Å²) in [6, 6.07) is 1.69. The molecule has 0 aromatic heterocycles. The maximum atomic E-state index is 9.47. The summed E-state index contributed by atoms with van der Waals surface area (Å²) in [5.74, 6) is -0.315. The molecule has 0 spiro atoms. The van der Waals surface area contributed by atoms with E-state index in [-0.39, 0.29) is 5.78 Å². The average Bonchev–Trinajstić information content (AvgIpc) is 2.04. The van der Waals surface area contributed by atoms with Crippen LogP contribution in [-0.2, 0) is 9.59 Å². The first-order valence-corrected chi connectivity index (χ1v) is 3.31. The Kier molecular flexibility index (Phi) is 22.0. The number of carbonyl (C=O) groups excluding carboxylic acids is 2. The Labute approximate surface area is 78.3 Å². The van der Waals surface area contributed by atoms with E-state index in [2.05, 4.69) is 18.9 Å². The molecule has 0 rings (SSSR count). The second-order valence-corrected chi connectivity index (χ2v) is 1.85. The predicted octanol–water partition coefficient (Wildman–Crippen LogP) is 0.949. The number of rotatable bonds is 1. The molecule has 0 unspecified atom stereocenters. The van der Waals surface area contributed by atoms with Crippen molar-refractivity contribution in [3.8, 4) is 6.07 Å². The summed E-state index contributed by atoms with van der Waals surface area (Å²) in [4.78, 5) is 18.9. The quantitative estimate of drug-likeness (QED) is 0.484. The molecule has 4 nitrogen and oxygen atoms in total. The summed E-state index contributed by atoms with van der Waals surface area (Å²) < 4.78 is 0. The summed E-state index contributed by atoms with van der Waals surface area (Å²) >= 11 is 0. The third kappa shape index (κ3) is 540. The molecular weight excluding hydrogens is 168 g/mol. The van der Waals surface area contributed by atoms with Crippen molar-refractivity contribution in [3.05, 3.63) is 25.3 Å². The van der Waals surface area contributed by atoms with E-state index in [0.29, 0.717) is 0 Å². The van der Waals surface area contributed by atoms with Crippen LogP contribution in [0.2, 0.25) is 0 Å². The van der Waals surface area contributed by atoms with Crippen molar-refractivity contribution in [3.63, 3.8) is 0 Å². The van der Waals surface area contributed by atoms with E-state index in [9.17, 15) is 9.59 Å².